The van der Waals surface area contributed by atoms with E-state index in [1.54, 1.807) is 0 Å². The van der Waals surface area contributed by atoms with Gasteiger partial charge in [0.25, 0.3) is 0 Å². The average Bonchev–Trinajstić information content (AvgIpc) is 2.51. The van der Waals surface area contributed by atoms with Crippen molar-refractivity contribution in [2.24, 2.45) is 23.7 Å². The molecule has 0 heterocycles. The third-order valence-corrected chi connectivity index (χ3v) is 6.88. The minimum Gasteiger partial charge on any atom is -0.390 e. The molecule has 0 aromatic heterocycles. The van der Waals surface area contributed by atoms with E-state index in [4.69, 9.17) is 4.74 Å². The van der Waals surface area contributed by atoms with Gasteiger partial charge in [-0.15, -0.1) is 0 Å². The summed E-state index contributed by atoms with van der Waals surface area (Å²) >= 11 is 0. The van der Waals surface area contributed by atoms with Crippen LogP contribution in [0.5, 0.6) is 0 Å². The molecule has 2 saturated carbocycles. The second kappa shape index (κ2) is 7.61. The molecule has 0 aromatic carbocycles. The van der Waals surface area contributed by atoms with Crippen LogP contribution in [0.25, 0.3) is 0 Å². The highest BCUT2D eigenvalue weighted by atomic mass is 16.5. The molecule has 0 bridgehead atoms. The molecule has 2 fully saturated rings. The van der Waals surface area contributed by atoms with Gasteiger partial charge in [-0.2, -0.15) is 0 Å². The number of aliphatic hydroxyl groups is 3. The highest BCUT2D eigenvalue weighted by Gasteiger charge is 2.45. The number of ether oxygens (including phenoxy) is 1. The lowest BCUT2D eigenvalue weighted by Gasteiger charge is -2.45. The average molecular weight is 343 g/mol. The van der Waals surface area contributed by atoms with Crippen molar-refractivity contribution in [3.63, 3.8) is 0 Å². The first kappa shape index (κ1) is 20.2. The van der Waals surface area contributed by atoms with Crippen molar-refractivity contribution in [2.75, 3.05) is 6.61 Å². The quantitative estimate of drug-likeness (QED) is 0.718. The topological polar surface area (TPSA) is 69.9 Å². The van der Waals surface area contributed by atoms with Gasteiger partial charge in [0, 0.05) is 6.42 Å². The molecule has 0 amide bonds. The molecule has 0 saturated heterocycles. The SMILES string of the molecule is CC(C)C1CCC(O)(COC2CC(O)(C(C)C)CCC2C)C(O)C1. The van der Waals surface area contributed by atoms with Crippen molar-refractivity contribution in [3.8, 4) is 0 Å². The van der Waals surface area contributed by atoms with Crippen LogP contribution in [0, 0.1) is 23.7 Å². The molecule has 24 heavy (non-hydrogen) atoms. The largest absolute Gasteiger partial charge is 0.390 e. The van der Waals surface area contributed by atoms with Gasteiger partial charge in [0.15, 0.2) is 0 Å². The maximum atomic E-state index is 10.9. The molecule has 6 atom stereocenters. The van der Waals surface area contributed by atoms with Gasteiger partial charge < -0.3 is 20.1 Å². The Kier molecular flexibility index (Phi) is 6.39. The summed E-state index contributed by atoms with van der Waals surface area (Å²) in [5, 5.41) is 32.1. The summed E-state index contributed by atoms with van der Waals surface area (Å²) in [6.45, 7) is 10.8. The first-order chi connectivity index (χ1) is 11.1. The van der Waals surface area contributed by atoms with E-state index < -0.39 is 17.3 Å². The third-order valence-electron chi connectivity index (χ3n) is 6.88. The molecule has 0 aromatic rings. The lowest BCUT2D eigenvalue weighted by molar-refractivity contribution is -0.183. The summed E-state index contributed by atoms with van der Waals surface area (Å²) < 4.78 is 6.08. The van der Waals surface area contributed by atoms with Crippen molar-refractivity contribution >= 4 is 0 Å². The van der Waals surface area contributed by atoms with Gasteiger partial charge in [0.1, 0.15) is 5.60 Å². The van der Waals surface area contributed by atoms with Crippen molar-refractivity contribution in [3.05, 3.63) is 0 Å². The molecule has 0 radical (unpaired) electrons. The van der Waals surface area contributed by atoms with E-state index in [-0.39, 0.29) is 18.6 Å². The van der Waals surface area contributed by atoms with E-state index in [9.17, 15) is 15.3 Å². The summed E-state index contributed by atoms with van der Waals surface area (Å²) in [6, 6.07) is 0. The van der Waals surface area contributed by atoms with E-state index in [0.29, 0.717) is 37.0 Å². The van der Waals surface area contributed by atoms with Crippen LogP contribution in [-0.2, 0) is 4.74 Å². The minimum atomic E-state index is -1.14. The molecular formula is C20H38O4. The molecule has 2 aliphatic rings. The number of hydrogen-bond donors (Lipinski definition) is 3. The van der Waals surface area contributed by atoms with Crippen molar-refractivity contribution in [1.82, 2.24) is 0 Å². The Hall–Kier alpha value is -0.160. The molecule has 6 unspecified atom stereocenters. The summed E-state index contributed by atoms with van der Waals surface area (Å²) in [7, 11) is 0. The summed E-state index contributed by atoms with van der Waals surface area (Å²) in [4.78, 5) is 0. The van der Waals surface area contributed by atoms with Gasteiger partial charge in [-0.25, -0.2) is 0 Å². The van der Waals surface area contributed by atoms with Crippen LogP contribution < -0.4 is 0 Å². The summed E-state index contributed by atoms with van der Waals surface area (Å²) in [5.41, 5.74) is -1.81. The zero-order valence-electron chi connectivity index (χ0n) is 16.2. The molecule has 0 spiro atoms. The molecule has 0 aliphatic heterocycles. The van der Waals surface area contributed by atoms with Gasteiger partial charge in [-0.3, -0.25) is 0 Å². The normalized spacial score (nSPS) is 44.2. The van der Waals surface area contributed by atoms with Gasteiger partial charge in [0.05, 0.1) is 24.4 Å². The third kappa shape index (κ3) is 4.32. The molecule has 2 rings (SSSR count). The Morgan fingerprint density at radius 1 is 1.08 bits per heavy atom. The fourth-order valence-electron chi connectivity index (χ4n) is 4.31. The maximum Gasteiger partial charge on any atom is 0.114 e. The van der Waals surface area contributed by atoms with Crippen LogP contribution in [0.4, 0.5) is 0 Å². The van der Waals surface area contributed by atoms with Gasteiger partial charge >= 0.3 is 0 Å². The number of rotatable bonds is 5. The first-order valence-corrected chi connectivity index (χ1v) is 9.82. The Morgan fingerprint density at radius 2 is 1.75 bits per heavy atom. The molecule has 2 aliphatic carbocycles. The van der Waals surface area contributed by atoms with Crippen molar-refractivity contribution < 1.29 is 20.1 Å². The highest BCUT2D eigenvalue weighted by molar-refractivity contribution is 4.96. The standard InChI is InChI=1S/C20H38O4/c1-13(2)16-7-9-20(23,18(21)10-16)12-24-17-11-19(22,14(3)4)8-6-15(17)5/h13-18,21-23H,6-12H2,1-5H3. The fraction of sp³-hybridized carbons (Fsp3) is 1.00. The zero-order valence-corrected chi connectivity index (χ0v) is 16.2. The molecule has 4 nitrogen and oxygen atoms in total. The Bertz CT molecular complexity index is 410. The fourth-order valence-corrected chi connectivity index (χ4v) is 4.31. The summed E-state index contributed by atoms with van der Waals surface area (Å²) in [6.07, 6.45) is 3.77. The lowest BCUT2D eigenvalue weighted by Crippen LogP contribution is -2.53. The van der Waals surface area contributed by atoms with Crippen molar-refractivity contribution in [1.29, 1.82) is 0 Å². The Balaban J connectivity index is 1.94. The zero-order chi connectivity index (χ0) is 18.1. The van der Waals surface area contributed by atoms with E-state index in [1.165, 1.54) is 0 Å². The van der Waals surface area contributed by atoms with Gasteiger partial charge in [-0.05, 0) is 55.8 Å². The van der Waals surface area contributed by atoms with E-state index in [2.05, 4.69) is 34.6 Å². The van der Waals surface area contributed by atoms with Crippen LogP contribution in [0.15, 0.2) is 0 Å². The Labute approximate surface area is 147 Å². The number of aliphatic hydroxyl groups excluding tert-OH is 1. The van der Waals surface area contributed by atoms with Crippen LogP contribution in [-0.4, -0.2) is 45.3 Å². The number of hydrogen-bond acceptors (Lipinski definition) is 4. The lowest BCUT2D eigenvalue weighted by atomic mass is 9.71. The van der Waals surface area contributed by atoms with Gasteiger partial charge in [0.2, 0.25) is 0 Å². The van der Waals surface area contributed by atoms with E-state index in [0.717, 1.165) is 19.3 Å². The molecule has 3 N–H and O–H groups in total. The van der Waals surface area contributed by atoms with Crippen molar-refractivity contribution in [2.45, 2.75) is 96.6 Å². The van der Waals surface area contributed by atoms with Gasteiger partial charge in [-0.1, -0.05) is 34.6 Å². The second-order valence-electron chi connectivity index (χ2n) is 9.23. The molecule has 4 heteroatoms. The minimum absolute atomic E-state index is 0.0507. The maximum absolute atomic E-state index is 10.9. The van der Waals surface area contributed by atoms with Crippen LogP contribution in [0.2, 0.25) is 0 Å². The van der Waals surface area contributed by atoms with E-state index in [1.807, 2.05) is 0 Å². The predicted octanol–water partition coefficient (Wildman–Crippen LogP) is 3.13. The van der Waals surface area contributed by atoms with Crippen LogP contribution in [0.3, 0.4) is 0 Å². The second-order valence-corrected chi connectivity index (χ2v) is 9.23. The van der Waals surface area contributed by atoms with Crippen LogP contribution >= 0.6 is 0 Å². The van der Waals surface area contributed by atoms with Crippen LogP contribution in [0.1, 0.15) is 73.1 Å². The monoisotopic (exact) mass is 342 g/mol. The Morgan fingerprint density at radius 3 is 2.29 bits per heavy atom. The smallest absolute Gasteiger partial charge is 0.114 e. The summed E-state index contributed by atoms with van der Waals surface area (Å²) in [5.74, 6) is 1.58. The first-order valence-electron chi connectivity index (χ1n) is 9.82. The van der Waals surface area contributed by atoms with E-state index >= 15 is 0 Å². The highest BCUT2D eigenvalue weighted by Crippen LogP contribution is 2.40. The predicted molar refractivity (Wildman–Crippen MR) is 95.7 cm³/mol. The molecular weight excluding hydrogens is 304 g/mol. The molecule has 142 valence electrons.